The van der Waals surface area contributed by atoms with Gasteiger partial charge in [0.25, 0.3) is 0 Å². The average molecular weight is 476 g/mol. The molecule has 5 aromatic carbocycles. The number of pyridine rings is 1. The zero-order valence-electron chi connectivity index (χ0n) is 19.1. The Morgan fingerprint density at radius 2 is 0.944 bits per heavy atom. The van der Waals surface area contributed by atoms with Crippen LogP contribution >= 0.6 is 0 Å². The molecule has 0 amide bonds. The molecule has 1 nitrogen and oxygen atoms in total. The zero-order chi connectivity index (χ0) is 24.7. The fourth-order valence-electron chi connectivity index (χ4n) is 4.54. The molecule has 0 atom stereocenters. The number of hydrogen-bond donors (Lipinski definition) is 0. The second-order valence-electron chi connectivity index (χ2n) is 8.85. The Hall–Kier alpha value is -4.44. The number of alkyl halides is 3. The van der Waals surface area contributed by atoms with Gasteiger partial charge in [-0.3, -0.25) is 4.98 Å². The van der Waals surface area contributed by atoms with Gasteiger partial charge in [-0.05, 0) is 74.6 Å². The molecule has 0 saturated carbocycles. The van der Waals surface area contributed by atoms with Crippen molar-refractivity contribution in [1.82, 2.24) is 4.98 Å². The summed E-state index contributed by atoms with van der Waals surface area (Å²) in [5.74, 6) is 0. The van der Waals surface area contributed by atoms with E-state index in [0.717, 1.165) is 56.4 Å². The van der Waals surface area contributed by atoms with E-state index in [4.69, 9.17) is 4.98 Å². The molecule has 0 saturated heterocycles. The van der Waals surface area contributed by atoms with Crippen molar-refractivity contribution in [3.8, 4) is 33.5 Å². The van der Waals surface area contributed by atoms with Crippen LogP contribution in [0.1, 0.15) is 5.56 Å². The molecule has 174 valence electrons. The van der Waals surface area contributed by atoms with Gasteiger partial charge in [0.15, 0.2) is 0 Å². The van der Waals surface area contributed by atoms with Gasteiger partial charge in [-0.2, -0.15) is 13.2 Å². The molecule has 36 heavy (non-hydrogen) atoms. The first kappa shape index (κ1) is 22.1. The minimum absolute atomic E-state index is 0.642. The van der Waals surface area contributed by atoms with Gasteiger partial charge in [-0.15, -0.1) is 0 Å². The summed E-state index contributed by atoms with van der Waals surface area (Å²) in [5.41, 5.74) is 5.07. The topological polar surface area (TPSA) is 12.9 Å². The molecule has 1 aromatic heterocycles. The molecule has 0 spiro atoms. The molecule has 0 aliphatic carbocycles. The molecule has 1 heterocycles. The van der Waals surface area contributed by atoms with E-state index in [0.29, 0.717) is 0 Å². The second kappa shape index (κ2) is 8.65. The van der Waals surface area contributed by atoms with E-state index in [2.05, 4.69) is 42.5 Å². The van der Waals surface area contributed by atoms with Crippen molar-refractivity contribution in [3.05, 3.63) is 127 Å². The summed E-state index contributed by atoms with van der Waals surface area (Å²) in [4.78, 5) is 4.71. The number of nitrogens with zero attached hydrogens (tertiary/aromatic N) is 1. The predicted molar refractivity (Wildman–Crippen MR) is 141 cm³/mol. The van der Waals surface area contributed by atoms with Crippen molar-refractivity contribution in [1.29, 1.82) is 0 Å². The number of hydrogen-bond acceptors (Lipinski definition) is 1. The third-order valence-corrected chi connectivity index (χ3v) is 6.53. The lowest BCUT2D eigenvalue weighted by atomic mass is 9.97. The summed E-state index contributed by atoms with van der Waals surface area (Å²) in [6, 6.07) is 36.2. The molecule has 0 radical (unpaired) electrons. The van der Waals surface area contributed by atoms with Gasteiger partial charge in [0, 0.05) is 17.3 Å². The average Bonchev–Trinajstić information content (AvgIpc) is 2.92. The van der Waals surface area contributed by atoms with Crippen molar-refractivity contribution >= 4 is 21.5 Å². The van der Waals surface area contributed by atoms with Crippen LogP contribution < -0.4 is 0 Å². The predicted octanol–water partition coefficient (Wildman–Crippen LogP) is 9.41. The van der Waals surface area contributed by atoms with Crippen molar-refractivity contribution in [2.24, 2.45) is 0 Å². The standard InChI is InChI=1S/C32H20F3N/c33-32(34,35)30-14-11-22(12-15-30)24-6-7-26-18-27(9-8-25(26)17-24)29-13-16-31(36-20-29)28-10-5-21-3-1-2-4-23(21)19-28/h1-20H. The Bertz CT molecular complexity index is 1700. The molecule has 0 aliphatic heterocycles. The number of fused-ring (bicyclic) bond motifs is 2. The maximum atomic E-state index is 12.9. The van der Waals surface area contributed by atoms with Crippen LogP contribution in [0.15, 0.2) is 121 Å². The van der Waals surface area contributed by atoms with Crippen LogP contribution in [0.3, 0.4) is 0 Å². The van der Waals surface area contributed by atoms with Crippen LogP contribution in [-0.2, 0) is 6.18 Å². The Morgan fingerprint density at radius 3 is 1.58 bits per heavy atom. The van der Waals surface area contributed by atoms with Gasteiger partial charge < -0.3 is 0 Å². The fourth-order valence-corrected chi connectivity index (χ4v) is 4.54. The van der Waals surface area contributed by atoms with Gasteiger partial charge in [-0.25, -0.2) is 0 Å². The number of halogens is 3. The number of rotatable bonds is 3. The highest BCUT2D eigenvalue weighted by atomic mass is 19.4. The maximum Gasteiger partial charge on any atom is 0.416 e. The SMILES string of the molecule is FC(F)(F)c1ccc(-c2ccc3cc(-c4ccc(-c5ccc6ccccc6c5)nc4)ccc3c2)cc1. The minimum Gasteiger partial charge on any atom is -0.256 e. The lowest BCUT2D eigenvalue weighted by molar-refractivity contribution is -0.137. The van der Waals surface area contributed by atoms with Crippen LogP contribution in [0.25, 0.3) is 55.1 Å². The van der Waals surface area contributed by atoms with Crippen LogP contribution in [0.2, 0.25) is 0 Å². The second-order valence-corrected chi connectivity index (χ2v) is 8.85. The smallest absolute Gasteiger partial charge is 0.256 e. The summed E-state index contributed by atoms with van der Waals surface area (Å²) < 4.78 is 38.6. The molecule has 0 bridgehead atoms. The highest BCUT2D eigenvalue weighted by molar-refractivity contribution is 5.91. The first-order valence-electron chi connectivity index (χ1n) is 11.6. The third-order valence-electron chi connectivity index (χ3n) is 6.53. The van der Waals surface area contributed by atoms with Crippen molar-refractivity contribution in [2.75, 3.05) is 0 Å². The first-order valence-corrected chi connectivity index (χ1v) is 11.6. The van der Waals surface area contributed by atoms with Gasteiger partial charge in [0.1, 0.15) is 0 Å². The van der Waals surface area contributed by atoms with E-state index in [-0.39, 0.29) is 0 Å². The third kappa shape index (κ3) is 4.22. The van der Waals surface area contributed by atoms with Crippen LogP contribution in [-0.4, -0.2) is 4.98 Å². The lowest BCUT2D eigenvalue weighted by Gasteiger charge is -2.10. The summed E-state index contributed by atoms with van der Waals surface area (Å²) in [5, 5.41) is 4.47. The summed E-state index contributed by atoms with van der Waals surface area (Å²) >= 11 is 0. The number of benzene rings is 5. The largest absolute Gasteiger partial charge is 0.416 e. The Kier molecular flexibility index (Phi) is 5.30. The summed E-state index contributed by atoms with van der Waals surface area (Å²) in [6.45, 7) is 0. The van der Waals surface area contributed by atoms with Crippen LogP contribution in [0.5, 0.6) is 0 Å². The molecule has 4 heteroatoms. The quantitative estimate of drug-likeness (QED) is 0.248. The van der Waals surface area contributed by atoms with Crippen LogP contribution in [0.4, 0.5) is 13.2 Å². The van der Waals surface area contributed by atoms with E-state index >= 15 is 0 Å². The Balaban J connectivity index is 1.27. The molecule has 0 N–H and O–H groups in total. The molecule has 6 rings (SSSR count). The van der Waals surface area contributed by atoms with Gasteiger partial charge >= 0.3 is 6.18 Å². The van der Waals surface area contributed by atoms with E-state index in [9.17, 15) is 13.2 Å². The molecular weight excluding hydrogens is 455 g/mol. The van der Waals surface area contributed by atoms with Crippen molar-refractivity contribution in [3.63, 3.8) is 0 Å². The Labute approximate surface area is 206 Å². The van der Waals surface area contributed by atoms with Gasteiger partial charge in [-0.1, -0.05) is 78.9 Å². The molecular formula is C32H20F3N. The molecule has 0 aliphatic rings. The Morgan fingerprint density at radius 1 is 0.444 bits per heavy atom. The summed E-state index contributed by atoms with van der Waals surface area (Å²) in [7, 11) is 0. The summed E-state index contributed by atoms with van der Waals surface area (Å²) in [6.07, 6.45) is -2.44. The monoisotopic (exact) mass is 475 g/mol. The maximum absolute atomic E-state index is 12.9. The number of aromatic nitrogens is 1. The zero-order valence-corrected chi connectivity index (χ0v) is 19.1. The van der Waals surface area contributed by atoms with Gasteiger partial charge in [0.2, 0.25) is 0 Å². The van der Waals surface area contributed by atoms with E-state index in [1.807, 2.05) is 54.7 Å². The lowest BCUT2D eigenvalue weighted by Crippen LogP contribution is -2.03. The molecule has 6 aromatic rings. The van der Waals surface area contributed by atoms with Crippen molar-refractivity contribution < 1.29 is 13.2 Å². The van der Waals surface area contributed by atoms with E-state index in [1.54, 1.807) is 0 Å². The highest BCUT2D eigenvalue weighted by Gasteiger charge is 2.29. The fraction of sp³-hybridized carbons (Fsp3) is 0.0312. The minimum atomic E-state index is -4.33. The van der Waals surface area contributed by atoms with Gasteiger partial charge in [0.05, 0.1) is 11.3 Å². The normalized spacial score (nSPS) is 11.8. The first-order chi connectivity index (χ1) is 17.4. The molecule has 0 unspecified atom stereocenters. The van der Waals surface area contributed by atoms with E-state index in [1.165, 1.54) is 22.9 Å². The van der Waals surface area contributed by atoms with Crippen molar-refractivity contribution in [2.45, 2.75) is 6.18 Å². The van der Waals surface area contributed by atoms with E-state index < -0.39 is 11.7 Å². The van der Waals surface area contributed by atoms with Crippen LogP contribution in [0, 0.1) is 0 Å². The molecule has 0 fully saturated rings. The highest BCUT2D eigenvalue weighted by Crippen LogP contribution is 2.33.